The molecular formula is C14H19N2O4+. The molecule has 1 aromatic heterocycles. The van der Waals surface area contributed by atoms with Crippen LogP contribution in [0.5, 0.6) is 0 Å². The summed E-state index contributed by atoms with van der Waals surface area (Å²) in [6.45, 7) is 2.21. The average molecular weight is 279 g/mol. The number of nitrogens with two attached hydrogens (primary N) is 1. The molecule has 0 saturated carbocycles. The zero-order valence-electron chi connectivity index (χ0n) is 11.5. The van der Waals surface area contributed by atoms with Gasteiger partial charge in [0.15, 0.2) is 18.4 Å². The van der Waals surface area contributed by atoms with E-state index in [1.54, 1.807) is 18.3 Å². The molecule has 2 heterocycles. The molecule has 1 fully saturated rings. The topological polar surface area (TPSA) is 82.5 Å². The Morgan fingerprint density at radius 3 is 2.90 bits per heavy atom. The molecule has 1 aromatic rings. The number of amides is 1. The van der Waals surface area contributed by atoms with Gasteiger partial charge in [0.2, 0.25) is 0 Å². The average Bonchev–Trinajstić information content (AvgIpc) is 2.46. The van der Waals surface area contributed by atoms with E-state index in [0.29, 0.717) is 18.8 Å². The molecule has 2 atom stereocenters. The van der Waals surface area contributed by atoms with Crippen molar-refractivity contribution >= 4 is 11.9 Å². The van der Waals surface area contributed by atoms with Gasteiger partial charge in [-0.2, -0.15) is 4.57 Å². The van der Waals surface area contributed by atoms with Crippen molar-refractivity contribution in [2.75, 3.05) is 13.2 Å². The zero-order valence-corrected chi connectivity index (χ0v) is 11.5. The molecule has 0 aromatic carbocycles. The van der Waals surface area contributed by atoms with Crippen LogP contribution in [-0.4, -0.2) is 31.2 Å². The first kappa shape index (κ1) is 14.5. The molecule has 20 heavy (non-hydrogen) atoms. The third-order valence-corrected chi connectivity index (χ3v) is 3.35. The van der Waals surface area contributed by atoms with E-state index in [-0.39, 0.29) is 18.1 Å². The summed E-state index contributed by atoms with van der Waals surface area (Å²) in [5.74, 6) is -0.733. The van der Waals surface area contributed by atoms with Crippen LogP contribution in [-0.2, 0) is 14.3 Å². The van der Waals surface area contributed by atoms with Crippen molar-refractivity contribution in [3.63, 3.8) is 0 Å². The largest absolute Gasteiger partial charge is 0.463 e. The van der Waals surface area contributed by atoms with Gasteiger partial charge in [-0.05, 0) is 12.5 Å². The number of aromatic nitrogens is 1. The molecule has 108 valence electrons. The van der Waals surface area contributed by atoms with Gasteiger partial charge in [0.25, 0.3) is 5.91 Å². The number of rotatable bonds is 4. The fraction of sp³-hybridized carbons (Fsp3) is 0.500. The number of ether oxygens (including phenoxy) is 2. The van der Waals surface area contributed by atoms with Crippen molar-refractivity contribution < 1.29 is 23.6 Å². The first-order valence-corrected chi connectivity index (χ1v) is 6.62. The third-order valence-electron chi connectivity index (χ3n) is 3.35. The van der Waals surface area contributed by atoms with Crippen molar-refractivity contribution in [1.29, 1.82) is 0 Å². The quantitative estimate of drug-likeness (QED) is 0.637. The minimum absolute atomic E-state index is 0.0462. The molecule has 0 spiro atoms. The third kappa shape index (κ3) is 3.77. The Morgan fingerprint density at radius 2 is 2.30 bits per heavy atom. The Hall–Kier alpha value is -1.95. The lowest BCUT2D eigenvalue weighted by molar-refractivity contribution is -0.728. The van der Waals surface area contributed by atoms with Gasteiger partial charge in [0.05, 0.1) is 6.10 Å². The van der Waals surface area contributed by atoms with Crippen molar-refractivity contribution in [1.82, 2.24) is 0 Å². The smallest absolute Gasteiger partial charge is 0.302 e. The van der Waals surface area contributed by atoms with Crippen LogP contribution in [0.15, 0.2) is 24.5 Å². The Morgan fingerprint density at radius 1 is 1.50 bits per heavy atom. The Kier molecular flexibility index (Phi) is 4.68. The van der Waals surface area contributed by atoms with E-state index >= 15 is 0 Å². The van der Waals surface area contributed by atoms with Crippen LogP contribution in [0, 0.1) is 0 Å². The normalized spacial score (nSPS) is 22.2. The summed E-state index contributed by atoms with van der Waals surface area (Å²) in [6, 6.07) is 3.65. The number of hydrogen-bond acceptors (Lipinski definition) is 4. The fourth-order valence-corrected chi connectivity index (χ4v) is 2.23. The van der Waals surface area contributed by atoms with Crippen LogP contribution in [0.3, 0.4) is 0 Å². The van der Waals surface area contributed by atoms with Gasteiger partial charge in [-0.3, -0.25) is 9.59 Å². The lowest BCUT2D eigenvalue weighted by Crippen LogP contribution is -2.46. The highest BCUT2D eigenvalue weighted by Crippen LogP contribution is 2.19. The highest BCUT2D eigenvalue weighted by atomic mass is 16.6. The number of carbonyl (C=O) groups excluding carboxylic acids is 2. The van der Waals surface area contributed by atoms with Crippen LogP contribution >= 0.6 is 0 Å². The van der Waals surface area contributed by atoms with Crippen molar-refractivity contribution in [3.05, 3.63) is 30.1 Å². The number of hydrogen-bond donors (Lipinski definition) is 1. The molecule has 6 nitrogen and oxygen atoms in total. The van der Waals surface area contributed by atoms with Crippen LogP contribution in [0.4, 0.5) is 0 Å². The van der Waals surface area contributed by atoms with E-state index in [0.717, 1.165) is 12.8 Å². The molecule has 1 aliphatic heterocycles. The van der Waals surface area contributed by atoms with Gasteiger partial charge >= 0.3 is 5.97 Å². The molecular weight excluding hydrogens is 260 g/mol. The summed E-state index contributed by atoms with van der Waals surface area (Å²) in [5, 5.41) is 0. The van der Waals surface area contributed by atoms with E-state index in [1.165, 1.54) is 6.92 Å². The van der Waals surface area contributed by atoms with Gasteiger partial charge in [-0.1, -0.05) is 0 Å². The molecule has 2 rings (SSSR count). The number of carbonyl (C=O) groups is 2. The molecule has 0 radical (unpaired) electrons. The van der Waals surface area contributed by atoms with E-state index in [1.807, 2.05) is 10.8 Å². The zero-order chi connectivity index (χ0) is 14.5. The molecule has 1 saturated heterocycles. The predicted octanol–water partition coefficient (Wildman–Crippen LogP) is 0.356. The van der Waals surface area contributed by atoms with Crippen molar-refractivity contribution in [3.8, 4) is 0 Å². The molecule has 1 aliphatic rings. The maximum absolute atomic E-state index is 11.2. The SMILES string of the molecule is CC(=O)OCC1CCC([n+]2cccc(C(N)=O)c2)CO1. The highest BCUT2D eigenvalue weighted by Gasteiger charge is 2.28. The lowest BCUT2D eigenvalue weighted by Gasteiger charge is -2.25. The van der Waals surface area contributed by atoms with Crippen LogP contribution in [0.1, 0.15) is 36.2 Å². The highest BCUT2D eigenvalue weighted by molar-refractivity contribution is 5.92. The Labute approximate surface area is 117 Å². The van der Waals surface area contributed by atoms with Crippen LogP contribution in [0.2, 0.25) is 0 Å². The van der Waals surface area contributed by atoms with E-state index in [2.05, 4.69) is 0 Å². The first-order valence-electron chi connectivity index (χ1n) is 6.62. The first-order chi connectivity index (χ1) is 9.56. The number of primary amides is 1. The maximum Gasteiger partial charge on any atom is 0.302 e. The Bertz CT molecular complexity index is 496. The fourth-order valence-electron chi connectivity index (χ4n) is 2.23. The summed E-state index contributed by atoms with van der Waals surface area (Å²) < 4.78 is 12.6. The summed E-state index contributed by atoms with van der Waals surface area (Å²) in [4.78, 5) is 21.9. The second kappa shape index (κ2) is 6.47. The van der Waals surface area contributed by atoms with E-state index < -0.39 is 5.91 Å². The van der Waals surface area contributed by atoms with Crippen LogP contribution in [0.25, 0.3) is 0 Å². The van der Waals surface area contributed by atoms with Gasteiger partial charge < -0.3 is 15.2 Å². The molecule has 6 heteroatoms. The van der Waals surface area contributed by atoms with Gasteiger partial charge in [0.1, 0.15) is 18.8 Å². The summed E-state index contributed by atoms with van der Waals surface area (Å²) in [5.41, 5.74) is 5.75. The van der Waals surface area contributed by atoms with Gasteiger partial charge in [0, 0.05) is 19.4 Å². The second-order valence-electron chi connectivity index (χ2n) is 4.89. The van der Waals surface area contributed by atoms with Crippen LogP contribution < -0.4 is 10.3 Å². The summed E-state index contributed by atoms with van der Waals surface area (Å²) >= 11 is 0. The second-order valence-corrected chi connectivity index (χ2v) is 4.89. The monoisotopic (exact) mass is 279 g/mol. The number of nitrogens with zero attached hydrogens (tertiary/aromatic N) is 1. The number of esters is 1. The Balaban J connectivity index is 1.92. The number of pyridine rings is 1. The minimum atomic E-state index is -0.441. The molecule has 0 aliphatic carbocycles. The summed E-state index contributed by atoms with van der Waals surface area (Å²) in [6.07, 6.45) is 5.30. The molecule has 2 unspecified atom stereocenters. The van der Waals surface area contributed by atoms with E-state index in [9.17, 15) is 9.59 Å². The minimum Gasteiger partial charge on any atom is -0.463 e. The lowest BCUT2D eigenvalue weighted by atomic mass is 10.0. The maximum atomic E-state index is 11.2. The van der Waals surface area contributed by atoms with Crippen molar-refractivity contribution in [2.24, 2.45) is 5.73 Å². The predicted molar refractivity (Wildman–Crippen MR) is 69.8 cm³/mol. The molecule has 1 amide bonds. The summed E-state index contributed by atoms with van der Waals surface area (Å²) in [7, 11) is 0. The van der Waals surface area contributed by atoms with Crippen molar-refractivity contribution in [2.45, 2.75) is 31.9 Å². The van der Waals surface area contributed by atoms with Gasteiger partial charge in [-0.25, -0.2) is 0 Å². The van der Waals surface area contributed by atoms with Gasteiger partial charge in [-0.15, -0.1) is 0 Å². The van der Waals surface area contributed by atoms with E-state index in [4.69, 9.17) is 15.2 Å². The standard InChI is InChI=1S/C14H18N2O4/c1-10(17)19-9-13-5-4-12(8-20-13)16-6-2-3-11(7-16)14(15)18/h2-3,6-7,12-13H,4-5,8-9H2,1H3,(H-,15,18)/p+1. The molecule has 0 bridgehead atoms. The molecule has 2 N–H and O–H groups in total.